The predicted octanol–water partition coefficient (Wildman–Crippen LogP) is 4.54. The Hall–Kier alpha value is -3.50. The molecule has 2 aromatic rings. The van der Waals surface area contributed by atoms with Gasteiger partial charge in [-0.2, -0.15) is 5.26 Å². The van der Waals surface area contributed by atoms with Crippen molar-refractivity contribution in [1.29, 1.82) is 5.26 Å². The second kappa shape index (κ2) is 11.1. The topological polar surface area (TPSA) is 109 Å². The number of piperidine rings is 1. The lowest BCUT2D eigenvalue weighted by molar-refractivity contribution is 0.0126. The van der Waals surface area contributed by atoms with Crippen LogP contribution in [-0.2, 0) is 11.2 Å². The number of rotatable bonds is 6. The highest BCUT2D eigenvalue weighted by molar-refractivity contribution is 5.68. The van der Waals surface area contributed by atoms with Gasteiger partial charge in [0.2, 0.25) is 0 Å². The van der Waals surface area contributed by atoms with Crippen molar-refractivity contribution in [2.45, 2.75) is 57.8 Å². The number of nitrogens with two attached hydrogens (primary N) is 1. The van der Waals surface area contributed by atoms with Crippen LogP contribution in [-0.4, -0.2) is 47.0 Å². The molecule has 1 saturated heterocycles. The number of hydrogen-bond acceptors (Lipinski definition) is 6. The van der Waals surface area contributed by atoms with E-state index in [1.807, 2.05) is 39.0 Å². The van der Waals surface area contributed by atoms with E-state index in [1.165, 1.54) is 0 Å². The van der Waals surface area contributed by atoms with Crippen LogP contribution < -0.4 is 10.5 Å². The molecule has 2 aromatic carbocycles. The van der Waals surface area contributed by atoms with Crippen molar-refractivity contribution < 1.29 is 19.4 Å². The molecule has 1 aliphatic heterocycles. The van der Waals surface area contributed by atoms with E-state index in [9.17, 15) is 9.90 Å². The average Bonchev–Trinajstić information content (AvgIpc) is 2.79. The van der Waals surface area contributed by atoms with E-state index in [-0.39, 0.29) is 12.2 Å². The van der Waals surface area contributed by atoms with Crippen molar-refractivity contribution in [2.24, 2.45) is 0 Å². The van der Waals surface area contributed by atoms with Crippen LogP contribution in [0.15, 0.2) is 48.5 Å². The molecule has 0 saturated carbocycles. The molecule has 34 heavy (non-hydrogen) atoms. The number of hydrogen-bond donors (Lipinski definition) is 2. The number of aliphatic hydroxyl groups excluding tert-OH is 1. The fourth-order valence-electron chi connectivity index (χ4n) is 3.73. The number of likely N-dealkylation sites (tertiary alicyclic amines) is 1. The highest BCUT2D eigenvalue weighted by Crippen LogP contribution is 2.25. The third-order valence-corrected chi connectivity index (χ3v) is 5.47. The van der Waals surface area contributed by atoms with Crippen molar-refractivity contribution in [2.75, 3.05) is 18.8 Å². The lowest BCUT2D eigenvalue weighted by Gasteiger charge is -2.33. The molecule has 7 heteroatoms. The number of ether oxygens (including phenoxy) is 2. The molecule has 3 rings (SSSR count). The van der Waals surface area contributed by atoms with Crippen molar-refractivity contribution in [1.82, 2.24) is 4.90 Å². The summed E-state index contributed by atoms with van der Waals surface area (Å²) in [6.07, 6.45) is 4.22. The summed E-state index contributed by atoms with van der Waals surface area (Å²) in [5.41, 5.74) is 8.43. The molecular weight excluding hydrogens is 430 g/mol. The van der Waals surface area contributed by atoms with Gasteiger partial charge in [-0.25, -0.2) is 4.79 Å². The molecular formula is C27H33N3O4. The van der Waals surface area contributed by atoms with Crippen molar-refractivity contribution in [3.8, 4) is 11.8 Å². The summed E-state index contributed by atoms with van der Waals surface area (Å²) in [6, 6.07) is 14.8. The Morgan fingerprint density at radius 1 is 1.26 bits per heavy atom. The van der Waals surface area contributed by atoms with Crippen LogP contribution >= 0.6 is 0 Å². The number of nitriles is 1. The smallest absolute Gasteiger partial charge is 0.410 e. The van der Waals surface area contributed by atoms with Gasteiger partial charge in [-0.05, 0) is 62.2 Å². The van der Waals surface area contributed by atoms with E-state index in [1.54, 1.807) is 41.3 Å². The number of carbonyl (C=O) groups is 1. The van der Waals surface area contributed by atoms with E-state index < -0.39 is 11.7 Å². The lowest BCUT2D eigenvalue weighted by atomic mass is 10.0. The fraction of sp³-hybridized carbons (Fsp3) is 0.407. The average molecular weight is 464 g/mol. The van der Waals surface area contributed by atoms with Gasteiger partial charge in [0.25, 0.3) is 0 Å². The Morgan fingerprint density at radius 2 is 2.00 bits per heavy atom. The van der Waals surface area contributed by atoms with Crippen LogP contribution in [0.4, 0.5) is 10.5 Å². The van der Waals surface area contributed by atoms with Gasteiger partial charge in [-0.15, -0.1) is 0 Å². The lowest BCUT2D eigenvalue weighted by Crippen LogP contribution is -2.44. The first-order valence-corrected chi connectivity index (χ1v) is 11.5. The molecule has 1 amide bonds. The molecule has 0 spiro atoms. The minimum atomic E-state index is -0.736. The monoisotopic (exact) mass is 463 g/mol. The number of amides is 1. The summed E-state index contributed by atoms with van der Waals surface area (Å²) in [5.74, 6) is 0.692. The van der Waals surface area contributed by atoms with E-state index in [0.29, 0.717) is 49.4 Å². The van der Waals surface area contributed by atoms with E-state index in [0.717, 1.165) is 11.1 Å². The predicted molar refractivity (Wildman–Crippen MR) is 132 cm³/mol. The molecule has 1 aliphatic rings. The number of aliphatic hydroxyl groups is 1. The SMILES string of the molecule is CC(C)(C)OC(=O)N1CCC(Oc2ccc(N)c(C[C@H](O)/C=C/c3cccc(C#N)c3)c2)CC1. The maximum Gasteiger partial charge on any atom is 0.410 e. The minimum absolute atomic E-state index is 0.00705. The molecule has 0 unspecified atom stereocenters. The van der Waals surface area contributed by atoms with Gasteiger partial charge in [0.05, 0.1) is 17.7 Å². The Balaban J connectivity index is 1.55. The molecule has 0 aliphatic carbocycles. The zero-order valence-electron chi connectivity index (χ0n) is 20.0. The van der Waals surface area contributed by atoms with Crippen LogP contribution in [0.5, 0.6) is 5.75 Å². The number of benzene rings is 2. The molecule has 180 valence electrons. The van der Waals surface area contributed by atoms with Crippen LogP contribution in [0.3, 0.4) is 0 Å². The third-order valence-electron chi connectivity index (χ3n) is 5.47. The standard InChI is InChI=1S/C27H33N3O4/c1-27(2,3)34-26(32)30-13-11-23(12-14-30)33-24-9-10-25(29)21(17-24)16-22(31)8-7-19-5-4-6-20(15-19)18-28/h4-10,15,17,22-23,31H,11-14,16,29H2,1-3H3/b8-7+/t22-/m1/s1. The molecule has 1 heterocycles. The zero-order valence-corrected chi connectivity index (χ0v) is 20.0. The summed E-state index contributed by atoms with van der Waals surface area (Å²) < 4.78 is 11.6. The van der Waals surface area contributed by atoms with Crippen molar-refractivity contribution in [3.63, 3.8) is 0 Å². The number of carbonyl (C=O) groups excluding carboxylic acids is 1. The highest BCUT2D eigenvalue weighted by Gasteiger charge is 2.27. The molecule has 7 nitrogen and oxygen atoms in total. The van der Waals surface area contributed by atoms with Crippen LogP contribution in [0, 0.1) is 11.3 Å². The summed E-state index contributed by atoms with van der Waals surface area (Å²) >= 11 is 0. The van der Waals surface area contributed by atoms with Crippen LogP contribution in [0.2, 0.25) is 0 Å². The first-order valence-electron chi connectivity index (χ1n) is 11.5. The quantitative estimate of drug-likeness (QED) is 0.609. The zero-order chi connectivity index (χ0) is 24.7. The molecule has 0 bridgehead atoms. The number of nitrogen functional groups attached to an aromatic ring is 1. The van der Waals surface area contributed by atoms with E-state index in [4.69, 9.17) is 20.5 Å². The van der Waals surface area contributed by atoms with Gasteiger partial charge in [-0.3, -0.25) is 0 Å². The summed E-state index contributed by atoms with van der Waals surface area (Å²) in [4.78, 5) is 14.0. The first-order chi connectivity index (χ1) is 16.1. The minimum Gasteiger partial charge on any atom is -0.490 e. The van der Waals surface area contributed by atoms with E-state index in [2.05, 4.69) is 6.07 Å². The van der Waals surface area contributed by atoms with Crippen LogP contribution in [0.25, 0.3) is 6.08 Å². The Bertz CT molecular complexity index is 1060. The molecule has 0 aromatic heterocycles. The fourth-order valence-corrected chi connectivity index (χ4v) is 3.73. The Morgan fingerprint density at radius 3 is 2.68 bits per heavy atom. The van der Waals surface area contributed by atoms with Gasteiger partial charge in [0, 0.05) is 38.0 Å². The number of anilines is 1. The van der Waals surface area contributed by atoms with E-state index >= 15 is 0 Å². The molecule has 3 N–H and O–H groups in total. The van der Waals surface area contributed by atoms with Gasteiger partial charge < -0.3 is 25.2 Å². The Labute approximate surface area is 201 Å². The highest BCUT2D eigenvalue weighted by atomic mass is 16.6. The Kier molecular flexibility index (Phi) is 8.19. The normalized spacial score (nSPS) is 15.7. The van der Waals surface area contributed by atoms with Gasteiger partial charge in [-0.1, -0.05) is 24.3 Å². The molecule has 0 radical (unpaired) electrons. The summed E-state index contributed by atoms with van der Waals surface area (Å²) in [7, 11) is 0. The summed E-state index contributed by atoms with van der Waals surface area (Å²) in [6.45, 7) is 6.74. The number of nitrogens with zero attached hydrogens (tertiary/aromatic N) is 2. The third kappa shape index (κ3) is 7.53. The van der Waals surface area contributed by atoms with Crippen molar-refractivity contribution in [3.05, 3.63) is 65.2 Å². The van der Waals surface area contributed by atoms with Crippen LogP contribution in [0.1, 0.15) is 50.3 Å². The van der Waals surface area contributed by atoms with Gasteiger partial charge >= 0.3 is 6.09 Å². The van der Waals surface area contributed by atoms with Crippen molar-refractivity contribution >= 4 is 17.9 Å². The maximum atomic E-state index is 12.2. The maximum absolute atomic E-state index is 12.2. The van der Waals surface area contributed by atoms with Gasteiger partial charge in [0.1, 0.15) is 17.5 Å². The second-order valence-corrected chi connectivity index (χ2v) is 9.51. The molecule has 1 atom stereocenters. The second-order valence-electron chi connectivity index (χ2n) is 9.51. The largest absolute Gasteiger partial charge is 0.490 e. The first kappa shape index (κ1) is 25.1. The van der Waals surface area contributed by atoms with Gasteiger partial charge in [0.15, 0.2) is 0 Å². The summed E-state index contributed by atoms with van der Waals surface area (Å²) in [5, 5.41) is 19.5. The molecule has 1 fully saturated rings.